The lowest BCUT2D eigenvalue weighted by atomic mass is 10.3. The van der Waals surface area contributed by atoms with Crippen LogP contribution in [0.2, 0.25) is 0 Å². The first-order valence-corrected chi connectivity index (χ1v) is 9.88. The predicted molar refractivity (Wildman–Crippen MR) is 79.9 cm³/mol. The van der Waals surface area contributed by atoms with E-state index < -0.39 is 9.84 Å². The minimum atomic E-state index is -2.94. The maximum atomic E-state index is 11.7. The molecule has 0 aromatic rings. The number of nitrogens with one attached hydrogen (secondary N) is 1. The van der Waals surface area contributed by atoms with Gasteiger partial charge >= 0.3 is 0 Å². The number of rotatable bonds is 8. The van der Waals surface area contributed by atoms with Crippen molar-refractivity contribution in [2.45, 2.75) is 31.6 Å². The summed E-state index contributed by atoms with van der Waals surface area (Å²) >= 11 is 1.75. The van der Waals surface area contributed by atoms with Crippen molar-refractivity contribution in [1.29, 1.82) is 0 Å². The van der Waals surface area contributed by atoms with E-state index in [1.54, 1.807) is 11.8 Å². The van der Waals surface area contributed by atoms with Crippen molar-refractivity contribution in [3.63, 3.8) is 0 Å². The van der Waals surface area contributed by atoms with Crippen LogP contribution >= 0.6 is 11.8 Å². The van der Waals surface area contributed by atoms with Crippen LogP contribution in [-0.4, -0.2) is 62.6 Å². The lowest BCUT2D eigenvalue weighted by molar-refractivity contribution is 0.264. The van der Waals surface area contributed by atoms with Gasteiger partial charge in [0.05, 0.1) is 0 Å². The van der Waals surface area contributed by atoms with Crippen LogP contribution in [0.3, 0.4) is 0 Å². The fourth-order valence-electron chi connectivity index (χ4n) is 2.13. The van der Waals surface area contributed by atoms with E-state index in [9.17, 15) is 8.42 Å². The highest BCUT2D eigenvalue weighted by Crippen LogP contribution is 2.20. The van der Waals surface area contributed by atoms with Gasteiger partial charge in [-0.05, 0) is 38.9 Å². The van der Waals surface area contributed by atoms with Crippen LogP contribution in [0.25, 0.3) is 0 Å². The Morgan fingerprint density at radius 1 is 1.33 bits per heavy atom. The van der Waals surface area contributed by atoms with E-state index in [-0.39, 0.29) is 5.37 Å². The van der Waals surface area contributed by atoms with Crippen LogP contribution in [0.5, 0.6) is 0 Å². The van der Waals surface area contributed by atoms with E-state index in [0.29, 0.717) is 0 Å². The van der Waals surface area contributed by atoms with Crippen molar-refractivity contribution in [3.05, 3.63) is 0 Å². The first-order chi connectivity index (χ1) is 8.55. The molecule has 1 fully saturated rings. The van der Waals surface area contributed by atoms with Crippen molar-refractivity contribution < 1.29 is 8.42 Å². The van der Waals surface area contributed by atoms with Gasteiger partial charge in [-0.3, -0.25) is 4.90 Å². The van der Waals surface area contributed by atoms with Gasteiger partial charge in [0.2, 0.25) is 0 Å². The topological polar surface area (TPSA) is 49.4 Å². The quantitative estimate of drug-likeness (QED) is 0.681. The van der Waals surface area contributed by atoms with E-state index in [1.165, 1.54) is 12.7 Å². The highest BCUT2D eigenvalue weighted by Gasteiger charge is 2.30. The number of hydrogen-bond donors (Lipinski definition) is 1. The maximum Gasteiger partial charge on any atom is 0.164 e. The Bertz CT molecular complexity index is 320. The van der Waals surface area contributed by atoms with Crippen LogP contribution in [0, 0.1) is 0 Å². The molecule has 0 aromatic carbocycles. The molecule has 1 saturated heterocycles. The molecule has 1 N–H and O–H groups in total. The second-order valence-corrected chi connectivity index (χ2v) is 8.21. The van der Waals surface area contributed by atoms with Crippen molar-refractivity contribution in [1.82, 2.24) is 10.2 Å². The summed E-state index contributed by atoms with van der Waals surface area (Å²) in [4.78, 5) is 2.14. The van der Waals surface area contributed by atoms with E-state index in [0.717, 1.165) is 50.5 Å². The zero-order valence-corrected chi connectivity index (χ0v) is 13.2. The van der Waals surface area contributed by atoms with E-state index >= 15 is 0 Å². The van der Waals surface area contributed by atoms with Crippen LogP contribution in [0.4, 0.5) is 0 Å². The van der Waals surface area contributed by atoms with Gasteiger partial charge in [0.25, 0.3) is 0 Å². The Labute approximate surface area is 116 Å². The molecule has 0 amide bonds. The number of thioether (sulfide) groups is 1. The summed E-state index contributed by atoms with van der Waals surface area (Å²) in [7, 11) is -2.94. The molecule has 0 radical (unpaired) electrons. The standard InChI is InChI=1S/C12H26N2O2S2/c1-3-6-13-7-4-5-8-14-9-10-17-11-12(14)18(2,15)16/h12-13H,3-11H2,1-2H3. The lowest BCUT2D eigenvalue weighted by Crippen LogP contribution is -2.47. The van der Waals surface area contributed by atoms with Gasteiger partial charge in [-0.25, -0.2) is 8.42 Å². The Morgan fingerprint density at radius 3 is 2.78 bits per heavy atom. The molecule has 1 unspecified atom stereocenters. The molecule has 0 spiro atoms. The summed E-state index contributed by atoms with van der Waals surface area (Å²) in [5.74, 6) is 1.78. The summed E-state index contributed by atoms with van der Waals surface area (Å²) < 4.78 is 23.4. The van der Waals surface area contributed by atoms with Gasteiger partial charge < -0.3 is 5.32 Å². The molecular formula is C12H26N2O2S2. The lowest BCUT2D eigenvalue weighted by Gasteiger charge is -2.33. The largest absolute Gasteiger partial charge is 0.317 e. The molecule has 1 rings (SSSR count). The van der Waals surface area contributed by atoms with Crippen LogP contribution in [0.1, 0.15) is 26.2 Å². The second kappa shape index (κ2) is 8.40. The van der Waals surface area contributed by atoms with Crippen molar-refractivity contribution in [2.24, 2.45) is 0 Å². The third-order valence-electron chi connectivity index (χ3n) is 3.16. The monoisotopic (exact) mass is 294 g/mol. The number of nitrogens with zero attached hydrogens (tertiary/aromatic N) is 1. The molecule has 1 aliphatic rings. The molecule has 108 valence electrons. The van der Waals surface area contributed by atoms with Crippen molar-refractivity contribution in [2.75, 3.05) is 43.9 Å². The summed E-state index contributed by atoms with van der Waals surface area (Å²) in [6.45, 7) is 6.10. The Balaban J connectivity index is 2.26. The van der Waals surface area contributed by atoms with E-state index in [4.69, 9.17) is 0 Å². The molecular weight excluding hydrogens is 268 g/mol. The van der Waals surface area contributed by atoms with Gasteiger partial charge in [-0.1, -0.05) is 6.92 Å². The minimum absolute atomic E-state index is 0.264. The van der Waals surface area contributed by atoms with Gasteiger partial charge in [0.15, 0.2) is 9.84 Å². The maximum absolute atomic E-state index is 11.7. The van der Waals surface area contributed by atoms with E-state index in [1.807, 2.05) is 0 Å². The molecule has 0 aromatic heterocycles. The molecule has 4 nitrogen and oxygen atoms in total. The molecule has 6 heteroatoms. The SMILES string of the molecule is CCCNCCCCN1CCSCC1S(C)(=O)=O. The summed E-state index contributed by atoms with van der Waals surface area (Å²) in [6.07, 6.45) is 4.73. The number of hydrogen-bond acceptors (Lipinski definition) is 5. The third kappa shape index (κ3) is 5.91. The highest BCUT2D eigenvalue weighted by molar-refractivity contribution is 8.00. The Kier molecular flexibility index (Phi) is 7.60. The third-order valence-corrected chi connectivity index (χ3v) is 5.85. The summed E-state index contributed by atoms with van der Waals surface area (Å²) in [6, 6.07) is 0. The molecule has 1 heterocycles. The molecule has 0 bridgehead atoms. The average molecular weight is 294 g/mol. The zero-order chi connectivity index (χ0) is 13.4. The molecule has 0 aliphatic carbocycles. The molecule has 1 aliphatic heterocycles. The first-order valence-electron chi connectivity index (χ1n) is 6.77. The van der Waals surface area contributed by atoms with Crippen LogP contribution in [0.15, 0.2) is 0 Å². The fourth-order valence-corrected chi connectivity index (χ4v) is 5.10. The van der Waals surface area contributed by atoms with Crippen molar-refractivity contribution >= 4 is 21.6 Å². The summed E-state index contributed by atoms with van der Waals surface area (Å²) in [5, 5.41) is 3.11. The normalized spacial score (nSPS) is 22.2. The average Bonchev–Trinajstić information content (AvgIpc) is 2.33. The molecule has 18 heavy (non-hydrogen) atoms. The highest BCUT2D eigenvalue weighted by atomic mass is 32.2. The minimum Gasteiger partial charge on any atom is -0.317 e. The van der Waals surface area contributed by atoms with E-state index in [2.05, 4.69) is 17.1 Å². The van der Waals surface area contributed by atoms with Crippen LogP contribution < -0.4 is 5.32 Å². The number of unbranched alkanes of at least 4 members (excludes halogenated alkanes) is 1. The predicted octanol–water partition coefficient (Wildman–Crippen LogP) is 1.19. The molecule has 1 atom stereocenters. The number of sulfone groups is 1. The smallest absolute Gasteiger partial charge is 0.164 e. The Morgan fingerprint density at radius 2 is 2.11 bits per heavy atom. The summed E-state index contributed by atoms with van der Waals surface area (Å²) in [5.41, 5.74) is 0. The second-order valence-electron chi connectivity index (χ2n) is 4.85. The van der Waals surface area contributed by atoms with Gasteiger partial charge in [-0.2, -0.15) is 11.8 Å². The van der Waals surface area contributed by atoms with Gasteiger partial charge in [-0.15, -0.1) is 0 Å². The van der Waals surface area contributed by atoms with Gasteiger partial charge in [0.1, 0.15) is 5.37 Å². The van der Waals surface area contributed by atoms with Gasteiger partial charge in [0, 0.05) is 24.3 Å². The molecule has 0 saturated carbocycles. The first kappa shape index (κ1) is 16.3. The Hall–Kier alpha value is 0.220. The fraction of sp³-hybridized carbons (Fsp3) is 1.00. The van der Waals surface area contributed by atoms with Crippen LogP contribution in [-0.2, 0) is 9.84 Å². The van der Waals surface area contributed by atoms with Crippen molar-refractivity contribution in [3.8, 4) is 0 Å². The zero-order valence-electron chi connectivity index (χ0n) is 11.5.